The van der Waals surface area contributed by atoms with Crippen molar-refractivity contribution in [3.8, 4) is 5.69 Å². The van der Waals surface area contributed by atoms with Gasteiger partial charge in [-0.25, -0.2) is 13.1 Å². The van der Waals surface area contributed by atoms with Crippen molar-refractivity contribution in [2.45, 2.75) is 11.5 Å². The highest BCUT2D eigenvalue weighted by atomic mass is 35.5. The van der Waals surface area contributed by atoms with E-state index in [1.807, 2.05) is 36.4 Å². The summed E-state index contributed by atoms with van der Waals surface area (Å²) in [5, 5.41) is 9.66. The number of sulfone groups is 1. The van der Waals surface area contributed by atoms with Gasteiger partial charge in [0, 0.05) is 16.1 Å². The number of nitrogens with zero attached hydrogens (tertiary/aromatic N) is 2. The number of anilines is 1. The summed E-state index contributed by atoms with van der Waals surface area (Å²) in [5.74, 6) is -0.283. The molecule has 4 aromatic rings. The van der Waals surface area contributed by atoms with E-state index in [1.54, 1.807) is 35.0 Å². The fourth-order valence-electron chi connectivity index (χ4n) is 3.76. The Morgan fingerprint density at radius 2 is 1.77 bits per heavy atom. The van der Waals surface area contributed by atoms with Crippen molar-refractivity contribution in [3.05, 3.63) is 88.6 Å². The van der Waals surface area contributed by atoms with Crippen LogP contribution in [0.25, 0.3) is 16.5 Å². The van der Waals surface area contributed by atoms with Crippen LogP contribution in [0.15, 0.2) is 66.7 Å². The average molecular weight is 438 g/mol. The van der Waals surface area contributed by atoms with Gasteiger partial charge < -0.3 is 5.32 Å². The molecule has 150 valence electrons. The standard InChI is InChI=1S/C22H16ClN3O3S/c23-15-7-4-8-16(11-15)26-21(19-12-30(28,29)13-20(19)25-26)24-22(27)18-10-3-6-14-5-1-2-9-17(14)18/h1-11H,12-13H2,(H,24,27). The molecule has 3 aromatic carbocycles. The number of amides is 1. The van der Waals surface area contributed by atoms with E-state index in [4.69, 9.17) is 11.6 Å². The van der Waals surface area contributed by atoms with Crippen LogP contribution in [0.4, 0.5) is 5.82 Å². The summed E-state index contributed by atoms with van der Waals surface area (Å²) in [7, 11) is -3.28. The van der Waals surface area contributed by atoms with Crippen molar-refractivity contribution in [3.63, 3.8) is 0 Å². The van der Waals surface area contributed by atoms with Gasteiger partial charge in [-0.3, -0.25) is 4.79 Å². The van der Waals surface area contributed by atoms with Crippen molar-refractivity contribution in [1.82, 2.24) is 9.78 Å². The van der Waals surface area contributed by atoms with Crippen LogP contribution in [0, 0.1) is 0 Å². The third kappa shape index (κ3) is 3.26. The molecule has 6 nitrogen and oxygen atoms in total. The zero-order chi connectivity index (χ0) is 20.9. The molecule has 0 fully saturated rings. The minimum atomic E-state index is -3.28. The molecule has 1 aliphatic heterocycles. The molecule has 1 amide bonds. The number of benzene rings is 3. The molecule has 1 aromatic heterocycles. The summed E-state index contributed by atoms with van der Waals surface area (Å²) in [5.41, 5.74) is 2.11. The topological polar surface area (TPSA) is 81.1 Å². The zero-order valence-corrected chi connectivity index (χ0v) is 17.2. The molecule has 0 unspecified atom stereocenters. The summed E-state index contributed by atoms with van der Waals surface area (Å²) >= 11 is 6.13. The maximum Gasteiger partial charge on any atom is 0.257 e. The van der Waals surface area contributed by atoms with Crippen LogP contribution in [-0.2, 0) is 21.3 Å². The number of hydrogen-bond acceptors (Lipinski definition) is 4. The second-order valence-corrected chi connectivity index (χ2v) is 9.68. The lowest BCUT2D eigenvalue weighted by Crippen LogP contribution is -2.17. The molecule has 1 N–H and O–H groups in total. The first-order chi connectivity index (χ1) is 14.4. The minimum Gasteiger partial charge on any atom is -0.306 e. The molecule has 0 bridgehead atoms. The van der Waals surface area contributed by atoms with Gasteiger partial charge in [0.15, 0.2) is 9.84 Å². The Morgan fingerprint density at radius 3 is 2.60 bits per heavy atom. The largest absolute Gasteiger partial charge is 0.306 e. The molecule has 5 rings (SSSR count). The molecule has 0 radical (unpaired) electrons. The lowest BCUT2D eigenvalue weighted by atomic mass is 10.0. The Labute approximate surface area is 178 Å². The SMILES string of the molecule is O=C(Nc1c2c(nn1-c1cccc(Cl)c1)CS(=O)(=O)C2)c1cccc2ccccc12. The fourth-order valence-corrected chi connectivity index (χ4v) is 5.44. The van der Waals surface area contributed by atoms with Crippen molar-refractivity contribution in [2.75, 3.05) is 5.32 Å². The van der Waals surface area contributed by atoms with Crippen LogP contribution < -0.4 is 5.32 Å². The lowest BCUT2D eigenvalue weighted by molar-refractivity contribution is 0.102. The highest BCUT2D eigenvalue weighted by molar-refractivity contribution is 7.90. The summed E-state index contributed by atoms with van der Waals surface area (Å²) in [6.07, 6.45) is 0. The summed E-state index contributed by atoms with van der Waals surface area (Å²) in [4.78, 5) is 13.2. The molecule has 8 heteroatoms. The van der Waals surface area contributed by atoms with Crippen molar-refractivity contribution >= 4 is 43.9 Å². The van der Waals surface area contributed by atoms with Crippen molar-refractivity contribution < 1.29 is 13.2 Å². The molecular formula is C22H16ClN3O3S. The Morgan fingerprint density at radius 1 is 1.00 bits per heavy atom. The Kier molecular flexibility index (Phi) is 4.38. The number of nitrogens with one attached hydrogen (secondary N) is 1. The molecule has 0 atom stereocenters. The van der Waals surface area contributed by atoms with Crippen LogP contribution >= 0.6 is 11.6 Å². The number of hydrogen-bond donors (Lipinski definition) is 1. The zero-order valence-electron chi connectivity index (χ0n) is 15.7. The molecule has 0 spiro atoms. The molecule has 1 aliphatic rings. The van der Waals surface area contributed by atoms with E-state index in [0.717, 1.165) is 10.8 Å². The maximum atomic E-state index is 13.2. The maximum absolute atomic E-state index is 13.2. The van der Waals surface area contributed by atoms with Gasteiger partial charge in [-0.2, -0.15) is 5.10 Å². The Balaban J connectivity index is 1.62. The first-order valence-corrected chi connectivity index (χ1v) is 11.5. The smallest absolute Gasteiger partial charge is 0.257 e. The third-order valence-electron chi connectivity index (χ3n) is 5.11. The van der Waals surface area contributed by atoms with E-state index in [2.05, 4.69) is 10.4 Å². The van der Waals surface area contributed by atoms with Gasteiger partial charge in [0.05, 0.1) is 22.9 Å². The van der Waals surface area contributed by atoms with E-state index >= 15 is 0 Å². The molecule has 2 heterocycles. The van der Waals surface area contributed by atoms with Gasteiger partial charge in [0.2, 0.25) is 0 Å². The third-order valence-corrected chi connectivity index (χ3v) is 6.78. The van der Waals surface area contributed by atoms with Gasteiger partial charge in [-0.05, 0) is 35.0 Å². The highest BCUT2D eigenvalue weighted by Crippen LogP contribution is 2.34. The summed E-state index contributed by atoms with van der Waals surface area (Å²) < 4.78 is 25.9. The lowest BCUT2D eigenvalue weighted by Gasteiger charge is -2.12. The molecular weight excluding hydrogens is 422 g/mol. The Bertz CT molecular complexity index is 1420. The second kappa shape index (κ2) is 6.97. The van der Waals surface area contributed by atoms with E-state index in [0.29, 0.717) is 33.3 Å². The quantitative estimate of drug-likeness (QED) is 0.516. The van der Waals surface area contributed by atoms with Crippen LogP contribution in [0.3, 0.4) is 0 Å². The normalized spacial score (nSPS) is 14.6. The fraction of sp³-hybridized carbons (Fsp3) is 0.0909. The second-order valence-electron chi connectivity index (χ2n) is 7.18. The monoisotopic (exact) mass is 437 g/mol. The average Bonchev–Trinajstić information content (AvgIpc) is 3.20. The Hall–Kier alpha value is -3.16. The first kappa shape index (κ1) is 18.8. The van der Waals surface area contributed by atoms with Gasteiger partial charge in [-0.1, -0.05) is 54.1 Å². The highest BCUT2D eigenvalue weighted by Gasteiger charge is 2.33. The molecule has 0 aliphatic carbocycles. The van der Waals surface area contributed by atoms with Crippen LogP contribution in [-0.4, -0.2) is 24.1 Å². The number of halogens is 1. The molecule has 0 saturated heterocycles. The number of carbonyl (C=O) groups is 1. The summed E-state index contributed by atoms with van der Waals surface area (Å²) in [6.45, 7) is 0. The predicted molar refractivity (Wildman–Crippen MR) is 117 cm³/mol. The molecule has 30 heavy (non-hydrogen) atoms. The van der Waals surface area contributed by atoms with E-state index < -0.39 is 9.84 Å². The van der Waals surface area contributed by atoms with Gasteiger partial charge in [0.1, 0.15) is 5.82 Å². The molecule has 0 saturated carbocycles. The minimum absolute atomic E-state index is 0.146. The van der Waals surface area contributed by atoms with Gasteiger partial charge in [-0.15, -0.1) is 0 Å². The summed E-state index contributed by atoms with van der Waals surface area (Å²) in [6, 6.07) is 20.1. The first-order valence-electron chi connectivity index (χ1n) is 9.27. The van der Waals surface area contributed by atoms with E-state index in [-0.39, 0.29) is 17.4 Å². The number of carbonyl (C=O) groups excluding carboxylic acids is 1. The van der Waals surface area contributed by atoms with E-state index in [9.17, 15) is 13.2 Å². The number of aromatic nitrogens is 2. The van der Waals surface area contributed by atoms with Crippen LogP contribution in [0.1, 0.15) is 21.6 Å². The van der Waals surface area contributed by atoms with Crippen LogP contribution in [0.2, 0.25) is 5.02 Å². The van der Waals surface area contributed by atoms with Crippen LogP contribution in [0.5, 0.6) is 0 Å². The number of rotatable bonds is 3. The van der Waals surface area contributed by atoms with Gasteiger partial charge >= 0.3 is 0 Å². The predicted octanol–water partition coefficient (Wildman–Crippen LogP) is 4.36. The van der Waals surface area contributed by atoms with Gasteiger partial charge in [0.25, 0.3) is 5.91 Å². The van der Waals surface area contributed by atoms with Crippen molar-refractivity contribution in [2.24, 2.45) is 0 Å². The number of fused-ring (bicyclic) bond motifs is 2. The van der Waals surface area contributed by atoms with E-state index in [1.165, 1.54) is 0 Å². The van der Waals surface area contributed by atoms with Crippen molar-refractivity contribution in [1.29, 1.82) is 0 Å².